The summed E-state index contributed by atoms with van der Waals surface area (Å²) in [6, 6.07) is 12.9. The minimum Gasteiger partial charge on any atom is -0.358 e. The second-order valence-electron chi connectivity index (χ2n) is 5.47. The first-order valence-electron chi connectivity index (χ1n) is 7.46. The fourth-order valence-electron chi connectivity index (χ4n) is 2.70. The molecule has 2 aromatic carbocycles. The SMILES string of the molecule is N#Cc1ccc(-c2ccnc(-c3c[nH]c4c(F)cc(F)cc34)n2)cc1. The van der Waals surface area contributed by atoms with Gasteiger partial charge in [0, 0.05) is 35.0 Å². The van der Waals surface area contributed by atoms with Gasteiger partial charge in [-0.3, -0.25) is 0 Å². The normalized spacial score (nSPS) is 10.8. The van der Waals surface area contributed by atoms with Crippen molar-refractivity contribution in [2.75, 3.05) is 0 Å². The summed E-state index contributed by atoms with van der Waals surface area (Å²) < 4.78 is 27.4. The van der Waals surface area contributed by atoms with Crippen LogP contribution in [0.1, 0.15) is 5.56 Å². The number of halogens is 2. The molecule has 4 nitrogen and oxygen atoms in total. The smallest absolute Gasteiger partial charge is 0.161 e. The summed E-state index contributed by atoms with van der Waals surface area (Å²) in [5.41, 5.74) is 2.76. The summed E-state index contributed by atoms with van der Waals surface area (Å²) in [6.45, 7) is 0. The lowest BCUT2D eigenvalue weighted by molar-refractivity contribution is 0.591. The molecular weight excluding hydrogens is 322 g/mol. The predicted molar refractivity (Wildman–Crippen MR) is 89.4 cm³/mol. The van der Waals surface area contributed by atoms with Crippen LogP contribution in [-0.2, 0) is 0 Å². The minimum atomic E-state index is -0.663. The first-order chi connectivity index (χ1) is 12.2. The molecule has 4 rings (SSSR count). The molecule has 0 unspecified atom stereocenters. The van der Waals surface area contributed by atoms with Gasteiger partial charge in [0.05, 0.1) is 22.8 Å². The minimum absolute atomic E-state index is 0.212. The molecule has 0 radical (unpaired) electrons. The van der Waals surface area contributed by atoms with E-state index in [2.05, 4.69) is 21.0 Å². The lowest BCUT2D eigenvalue weighted by Crippen LogP contribution is -1.91. The summed E-state index contributed by atoms with van der Waals surface area (Å²) >= 11 is 0. The second-order valence-corrected chi connectivity index (χ2v) is 5.47. The Bertz CT molecular complexity index is 1120. The van der Waals surface area contributed by atoms with Crippen molar-refractivity contribution < 1.29 is 8.78 Å². The number of benzene rings is 2. The molecule has 0 aliphatic carbocycles. The number of nitriles is 1. The molecule has 0 fully saturated rings. The molecule has 25 heavy (non-hydrogen) atoms. The average Bonchev–Trinajstić information content (AvgIpc) is 3.06. The van der Waals surface area contributed by atoms with Gasteiger partial charge in [0.15, 0.2) is 5.82 Å². The summed E-state index contributed by atoms with van der Waals surface area (Å²) in [4.78, 5) is 11.5. The molecule has 1 N–H and O–H groups in total. The van der Waals surface area contributed by atoms with E-state index in [1.165, 1.54) is 6.07 Å². The number of aromatic nitrogens is 3. The molecule has 0 aliphatic heterocycles. The Morgan fingerprint density at radius 3 is 2.60 bits per heavy atom. The standard InChI is InChI=1S/C19H10F2N4/c20-13-7-14-15(10-24-18(14)16(21)8-13)19-23-6-5-17(25-19)12-3-1-11(9-22)2-4-12/h1-8,10,24H. The van der Waals surface area contributed by atoms with E-state index in [1.54, 1.807) is 42.7 Å². The average molecular weight is 332 g/mol. The Labute approximate surface area is 141 Å². The maximum absolute atomic E-state index is 13.9. The van der Waals surface area contributed by atoms with Crippen LogP contribution in [0.15, 0.2) is 54.9 Å². The third kappa shape index (κ3) is 2.62. The van der Waals surface area contributed by atoms with Gasteiger partial charge in [-0.25, -0.2) is 18.7 Å². The van der Waals surface area contributed by atoms with Crippen LogP contribution in [0, 0.1) is 23.0 Å². The molecule has 0 saturated heterocycles. The molecule has 6 heteroatoms. The number of H-pyrrole nitrogens is 1. The first-order valence-corrected chi connectivity index (χ1v) is 7.46. The first kappa shape index (κ1) is 15.0. The maximum atomic E-state index is 13.9. The van der Waals surface area contributed by atoms with Gasteiger partial charge < -0.3 is 4.98 Å². The number of fused-ring (bicyclic) bond motifs is 1. The van der Waals surface area contributed by atoms with Crippen LogP contribution in [0.25, 0.3) is 33.5 Å². The fraction of sp³-hybridized carbons (Fsp3) is 0. The highest BCUT2D eigenvalue weighted by Crippen LogP contribution is 2.29. The van der Waals surface area contributed by atoms with Crippen LogP contribution in [0.4, 0.5) is 8.78 Å². The monoisotopic (exact) mass is 332 g/mol. The van der Waals surface area contributed by atoms with Gasteiger partial charge >= 0.3 is 0 Å². The van der Waals surface area contributed by atoms with E-state index in [0.29, 0.717) is 28.0 Å². The molecule has 0 atom stereocenters. The van der Waals surface area contributed by atoms with E-state index in [-0.39, 0.29) is 5.52 Å². The molecule has 120 valence electrons. The lowest BCUT2D eigenvalue weighted by Gasteiger charge is -2.04. The molecule has 2 aromatic heterocycles. The third-order valence-electron chi connectivity index (χ3n) is 3.91. The summed E-state index contributed by atoms with van der Waals surface area (Å²) in [7, 11) is 0. The number of aromatic amines is 1. The van der Waals surface area contributed by atoms with E-state index in [4.69, 9.17) is 5.26 Å². The van der Waals surface area contributed by atoms with Crippen molar-refractivity contribution in [3.63, 3.8) is 0 Å². The van der Waals surface area contributed by atoms with Crippen molar-refractivity contribution in [1.29, 1.82) is 5.26 Å². The Kier molecular flexibility index (Phi) is 3.47. The molecule has 0 aliphatic rings. The van der Waals surface area contributed by atoms with Crippen LogP contribution in [0.5, 0.6) is 0 Å². The van der Waals surface area contributed by atoms with Crippen molar-refractivity contribution in [2.24, 2.45) is 0 Å². The highest BCUT2D eigenvalue weighted by Gasteiger charge is 2.14. The van der Waals surface area contributed by atoms with Crippen molar-refractivity contribution in [2.45, 2.75) is 0 Å². The van der Waals surface area contributed by atoms with Gasteiger partial charge in [-0.1, -0.05) is 12.1 Å². The zero-order valence-electron chi connectivity index (χ0n) is 12.8. The van der Waals surface area contributed by atoms with E-state index >= 15 is 0 Å². The van der Waals surface area contributed by atoms with Gasteiger partial charge in [-0.05, 0) is 24.3 Å². The Hall–Kier alpha value is -3.59. The summed E-state index contributed by atoms with van der Waals surface area (Å²) in [5.74, 6) is -0.961. The predicted octanol–water partition coefficient (Wildman–Crippen LogP) is 4.44. The van der Waals surface area contributed by atoms with Crippen LogP contribution < -0.4 is 0 Å². The molecular formula is C19H10F2N4. The zero-order chi connectivity index (χ0) is 17.4. The molecule has 0 bridgehead atoms. The third-order valence-corrected chi connectivity index (χ3v) is 3.91. The van der Waals surface area contributed by atoms with E-state index in [1.807, 2.05) is 0 Å². The number of nitrogens with zero attached hydrogens (tertiary/aromatic N) is 3. The quantitative estimate of drug-likeness (QED) is 0.590. The molecule has 0 saturated carbocycles. The second kappa shape index (κ2) is 5.80. The Balaban J connectivity index is 1.83. The molecule has 4 aromatic rings. The highest BCUT2D eigenvalue weighted by molar-refractivity contribution is 5.94. The largest absolute Gasteiger partial charge is 0.358 e. The van der Waals surface area contributed by atoms with E-state index in [0.717, 1.165) is 11.6 Å². The number of hydrogen-bond donors (Lipinski definition) is 1. The number of nitrogens with one attached hydrogen (secondary N) is 1. The summed E-state index contributed by atoms with van der Waals surface area (Å²) in [5, 5.41) is 9.26. The molecule has 2 heterocycles. The highest BCUT2D eigenvalue weighted by atomic mass is 19.1. The van der Waals surface area contributed by atoms with Crippen LogP contribution >= 0.6 is 0 Å². The maximum Gasteiger partial charge on any atom is 0.161 e. The zero-order valence-corrected chi connectivity index (χ0v) is 12.8. The van der Waals surface area contributed by atoms with Crippen LogP contribution in [0.3, 0.4) is 0 Å². The van der Waals surface area contributed by atoms with E-state index < -0.39 is 11.6 Å². The van der Waals surface area contributed by atoms with Gasteiger partial charge in [-0.2, -0.15) is 5.26 Å². The van der Waals surface area contributed by atoms with Crippen molar-refractivity contribution in [1.82, 2.24) is 15.0 Å². The summed E-state index contributed by atoms with van der Waals surface area (Å²) in [6.07, 6.45) is 3.15. The van der Waals surface area contributed by atoms with Crippen molar-refractivity contribution in [3.05, 3.63) is 72.1 Å². The van der Waals surface area contributed by atoms with Crippen LogP contribution in [-0.4, -0.2) is 15.0 Å². The van der Waals surface area contributed by atoms with Crippen molar-refractivity contribution in [3.8, 4) is 28.7 Å². The Morgan fingerprint density at radius 1 is 1.04 bits per heavy atom. The van der Waals surface area contributed by atoms with Gasteiger partial charge in [-0.15, -0.1) is 0 Å². The number of rotatable bonds is 2. The number of hydrogen-bond acceptors (Lipinski definition) is 3. The topological polar surface area (TPSA) is 65.4 Å². The lowest BCUT2D eigenvalue weighted by atomic mass is 10.1. The Morgan fingerprint density at radius 2 is 1.84 bits per heavy atom. The van der Waals surface area contributed by atoms with E-state index in [9.17, 15) is 8.78 Å². The van der Waals surface area contributed by atoms with Gasteiger partial charge in [0.25, 0.3) is 0 Å². The van der Waals surface area contributed by atoms with Crippen LogP contribution in [0.2, 0.25) is 0 Å². The molecule has 0 spiro atoms. The van der Waals surface area contributed by atoms with Gasteiger partial charge in [0.2, 0.25) is 0 Å². The van der Waals surface area contributed by atoms with Gasteiger partial charge in [0.1, 0.15) is 11.6 Å². The molecule has 0 amide bonds. The van der Waals surface area contributed by atoms with Crippen molar-refractivity contribution >= 4 is 10.9 Å². The fourth-order valence-corrected chi connectivity index (χ4v) is 2.70.